The van der Waals surface area contributed by atoms with Gasteiger partial charge in [0.15, 0.2) is 0 Å². The number of hydrogen-bond acceptors (Lipinski definition) is 4. The van der Waals surface area contributed by atoms with Crippen molar-refractivity contribution in [3.63, 3.8) is 0 Å². The first-order chi connectivity index (χ1) is 15.3. The zero-order valence-corrected chi connectivity index (χ0v) is 17.0. The van der Waals surface area contributed by atoms with Crippen LogP contribution < -0.4 is 10.1 Å². The SMILES string of the molecule is O=C(/C=C/c1ccco1)N1CCC2C(=C1c1ccc3c(c1)CCO3)Nc1ccccc12. The van der Waals surface area contributed by atoms with Crippen LogP contribution in [0.4, 0.5) is 5.69 Å². The Morgan fingerprint density at radius 2 is 2.06 bits per heavy atom. The Bertz CT molecular complexity index is 1220. The molecule has 0 bridgehead atoms. The van der Waals surface area contributed by atoms with E-state index in [1.54, 1.807) is 18.4 Å². The summed E-state index contributed by atoms with van der Waals surface area (Å²) in [5.74, 6) is 1.83. The van der Waals surface area contributed by atoms with Crippen LogP contribution in [0.25, 0.3) is 11.8 Å². The number of carbonyl (C=O) groups is 1. The highest BCUT2D eigenvalue weighted by molar-refractivity contribution is 5.99. The maximum absolute atomic E-state index is 13.3. The third-order valence-corrected chi connectivity index (χ3v) is 6.28. The summed E-state index contributed by atoms with van der Waals surface area (Å²) in [6.45, 7) is 1.37. The van der Waals surface area contributed by atoms with Gasteiger partial charge in [0.1, 0.15) is 11.5 Å². The van der Waals surface area contributed by atoms with Crippen LogP contribution in [-0.4, -0.2) is 24.0 Å². The molecule has 31 heavy (non-hydrogen) atoms. The van der Waals surface area contributed by atoms with Gasteiger partial charge in [-0.3, -0.25) is 4.79 Å². The van der Waals surface area contributed by atoms with Gasteiger partial charge >= 0.3 is 0 Å². The van der Waals surface area contributed by atoms with Gasteiger partial charge in [-0.1, -0.05) is 18.2 Å². The van der Waals surface area contributed by atoms with Crippen molar-refractivity contribution in [2.24, 2.45) is 0 Å². The molecule has 0 saturated carbocycles. The first-order valence-corrected chi connectivity index (χ1v) is 10.7. The maximum atomic E-state index is 13.3. The molecule has 5 heteroatoms. The Morgan fingerprint density at radius 3 is 2.97 bits per heavy atom. The number of hydrogen-bond donors (Lipinski definition) is 1. The van der Waals surface area contributed by atoms with Crippen molar-refractivity contribution in [2.75, 3.05) is 18.5 Å². The van der Waals surface area contributed by atoms with E-state index in [0.29, 0.717) is 18.9 Å². The molecule has 154 valence electrons. The van der Waals surface area contributed by atoms with E-state index < -0.39 is 0 Å². The summed E-state index contributed by atoms with van der Waals surface area (Å²) in [4.78, 5) is 15.2. The number of anilines is 1. The second-order valence-electron chi connectivity index (χ2n) is 8.08. The number of amides is 1. The highest BCUT2D eigenvalue weighted by atomic mass is 16.5. The number of ether oxygens (including phenoxy) is 1. The molecule has 0 saturated heterocycles. The van der Waals surface area contributed by atoms with Gasteiger partial charge in [0.05, 0.1) is 18.6 Å². The fraction of sp³-hybridized carbons (Fsp3) is 0.192. The fourth-order valence-electron chi connectivity index (χ4n) is 4.84. The monoisotopic (exact) mass is 410 g/mol. The van der Waals surface area contributed by atoms with Crippen LogP contribution in [0.5, 0.6) is 5.75 Å². The topological polar surface area (TPSA) is 54.7 Å². The second kappa shape index (κ2) is 7.20. The lowest BCUT2D eigenvalue weighted by Gasteiger charge is -2.34. The smallest absolute Gasteiger partial charge is 0.251 e. The molecule has 4 heterocycles. The lowest BCUT2D eigenvalue weighted by molar-refractivity contribution is -0.123. The Labute approximate surface area is 180 Å². The van der Waals surface area contributed by atoms with Gasteiger partial charge in [0.2, 0.25) is 0 Å². The van der Waals surface area contributed by atoms with Gasteiger partial charge in [-0.15, -0.1) is 0 Å². The minimum atomic E-state index is -0.0492. The molecule has 0 aliphatic carbocycles. The van der Waals surface area contributed by atoms with Crippen LogP contribution in [0.15, 0.2) is 77.1 Å². The van der Waals surface area contributed by atoms with Crippen molar-refractivity contribution in [3.05, 3.63) is 95.1 Å². The number of rotatable bonds is 3. The summed E-state index contributed by atoms with van der Waals surface area (Å²) in [7, 11) is 0. The molecule has 1 amide bonds. The molecule has 1 unspecified atom stereocenters. The number of nitrogens with zero attached hydrogens (tertiary/aromatic N) is 1. The third kappa shape index (κ3) is 3.05. The summed E-state index contributed by atoms with van der Waals surface area (Å²) in [5, 5.41) is 3.62. The lowest BCUT2D eigenvalue weighted by Crippen LogP contribution is -2.35. The summed E-state index contributed by atoms with van der Waals surface area (Å²) in [6.07, 6.45) is 6.71. The molecule has 1 aromatic heterocycles. The van der Waals surface area contributed by atoms with Gasteiger partial charge < -0.3 is 19.4 Å². The quantitative estimate of drug-likeness (QED) is 0.615. The zero-order chi connectivity index (χ0) is 20.8. The molecule has 1 atom stereocenters. The predicted molar refractivity (Wildman–Crippen MR) is 119 cm³/mol. The summed E-state index contributed by atoms with van der Waals surface area (Å²) >= 11 is 0. The van der Waals surface area contributed by atoms with Crippen molar-refractivity contribution >= 4 is 23.4 Å². The van der Waals surface area contributed by atoms with E-state index in [1.165, 1.54) is 11.1 Å². The first-order valence-electron chi connectivity index (χ1n) is 10.7. The number of furan rings is 1. The molecule has 1 N–H and O–H groups in total. The Morgan fingerprint density at radius 1 is 1.13 bits per heavy atom. The molecule has 2 aromatic carbocycles. The second-order valence-corrected chi connectivity index (χ2v) is 8.08. The number of fused-ring (bicyclic) bond motifs is 4. The number of allylic oxidation sites excluding steroid dienone is 1. The van der Waals surface area contributed by atoms with Crippen LogP contribution >= 0.6 is 0 Å². The molecule has 6 rings (SSSR count). The highest BCUT2D eigenvalue weighted by Gasteiger charge is 2.37. The fourth-order valence-corrected chi connectivity index (χ4v) is 4.84. The standard InChI is InChI=1S/C26H22N2O3/c29-24(10-8-19-4-3-14-30-19)28-13-11-21-20-5-1-2-6-22(20)27-25(21)26(28)18-7-9-23-17(16-18)12-15-31-23/h1-10,14,16,21,27H,11-13,15H2/b10-8+. The van der Waals surface area contributed by atoms with Crippen LogP contribution in [0.3, 0.4) is 0 Å². The predicted octanol–water partition coefficient (Wildman–Crippen LogP) is 5.04. The maximum Gasteiger partial charge on any atom is 0.251 e. The van der Waals surface area contributed by atoms with Gasteiger partial charge in [-0.05, 0) is 60.0 Å². The summed E-state index contributed by atoms with van der Waals surface area (Å²) in [6, 6.07) is 18.3. The first kappa shape index (κ1) is 18.1. The number of para-hydroxylation sites is 1. The molecule has 0 spiro atoms. The Hall–Kier alpha value is -3.73. The van der Waals surface area contributed by atoms with Crippen molar-refractivity contribution in [3.8, 4) is 5.75 Å². The van der Waals surface area contributed by atoms with Crippen molar-refractivity contribution in [2.45, 2.75) is 18.8 Å². The third-order valence-electron chi connectivity index (χ3n) is 6.28. The average molecular weight is 410 g/mol. The van der Waals surface area contributed by atoms with E-state index in [1.807, 2.05) is 29.2 Å². The van der Waals surface area contributed by atoms with E-state index in [2.05, 4.69) is 35.6 Å². The average Bonchev–Trinajstić information content (AvgIpc) is 3.55. The largest absolute Gasteiger partial charge is 0.493 e. The number of benzene rings is 2. The van der Waals surface area contributed by atoms with E-state index >= 15 is 0 Å². The molecule has 0 radical (unpaired) electrons. The van der Waals surface area contributed by atoms with Crippen LogP contribution in [0.2, 0.25) is 0 Å². The van der Waals surface area contributed by atoms with Crippen molar-refractivity contribution in [1.29, 1.82) is 0 Å². The van der Waals surface area contributed by atoms with E-state index in [9.17, 15) is 4.79 Å². The van der Waals surface area contributed by atoms with Crippen LogP contribution in [0, 0.1) is 0 Å². The molecular formula is C26H22N2O3. The summed E-state index contributed by atoms with van der Waals surface area (Å²) in [5.41, 5.74) is 6.73. The van der Waals surface area contributed by atoms with Gasteiger partial charge in [0, 0.05) is 41.9 Å². The number of carbonyl (C=O) groups excluding carboxylic acids is 1. The van der Waals surface area contributed by atoms with E-state index in [0.717, 1.165) is 41.2 Å². The molecular weight excluding hydrogens is 388 g/mol. The normalized spacial score (nSPS) is 19.1. The van der Waals surface area contributed by atoms with E-state index in [-0.39, 0.29) is 11.8 Å². The highest BCUT2D eigenvalue weighted by Crippen LogP contribution is 2.47. The molecule has 3 aliphatic heterocycles. The Kier molecular flexibility index (Phi) is 4.20. The minimum Gasteiger partial charge on any atom is -0.493 e. The van der Waals surface area contributed by atoms with Crippen LogP contribution in [0.1, 0.15) is 34.8 Å². The zero-order valence-electron chi connectivity index (χ0n) is 17.0. The molecule has 0 fully saturated rings. The molecule has 5 nitrogen and oxygen atoms in total. The molecule has 3 aliphatic rings. The minimum absolute atomic E-state index is 0.0492. The van der Waals surface area contributed by atoms with Crippen molar-refractivity contribution < 1.29 is 13.9 Å². The van der Waals surface area contributed by atoms with Gasteiger partial charge in [0.25, 0.3) is 5.91 Å². The van der Waals surface area contributed by atoms with Gasteiger partial charge in [-0.2, -0.15) is 0 Å². The number of nitrogens with one attached hydrogen (secondary N) is 1. The Balaban J connectivity index is 1.44. The lowest BCUT2D eigenvalue weighted by atomic mass is 9.88. The van der Waals surface area contributed by atoms with Crippen molar-refractivity contribution in [1.82, 2.24) is 4.90 Å². The molecule has 3 aromatic rings. The summed E-state index contributed by atoms with van der Waals surface area (Å²) < 4.78 is 11.0. The van der Waals surface area contributed by atoms with Crippen LogP contribution in [-0.2, 0) is 11.2 Å². The van der Waals surface area contributed by atoms with Gasteiger partial charge in [-0.25, -0.2) is 0 Å². The van der Waals surface area contributed by atoms with E-state index in [4.69, 9.17) is 9.15 Å².